The van der Waals surface area contributed by atoms with Crippen molar-refractivity contribution in [3.8, 4) is 5.75 Å². The summed E-state index contributed by atoms with van der Waals surface area (Å²) in [5.41, 5.74) is 7.75. The average molecular weight is 276 g/mol. The zero-order valence-electron chi connectivity index (χ0n) is 10.5. The summed E-state index contributed by atoms with van der Waals surface area (Å²) < 4.78 is 5.61. The maximum atomic E-state index is 7.33. The maximum Gasteiger partial charge on any atom is 0.138 e. The highest BCUT2D eigenvalue weighted by Gasteiger charge is 2.05. The number of hydrogen-bond donors (Lipinski definition) is 2. The van der Waals surface area contributed by atoms with E-state index in [1.165, 1.54) is 0 Å². The fourth-order valence-corrected chi connectivity index (χ4v) is 1.85. The number of nitrogens with zero attached hydrogens (tertiary/aromatic N) is 1. The number of aromatic nitrogens is 1. The van der Waals surface area contributed by atoms with Crippen LogP contribution in [0.15, 0.2) is 36.4 Å². The third kappa shape index (κ3) is 3.45. The number of nitrogens with one attached hydrogen (secondary N) is 1. The zero-order chi connectivity index (χ0) is 13.8. The Labute approximate surface area is 116 Å². The number of nitrogen functional groups attached to an aromatic ring is 1. The van der Waals surface area contributed by atoms with Gasteiger partial charge in [0.25, 0.3) is 0 Å². The molecule has 0 atom stereocenters. The molecule has 0 aliphatic rings. The first kappa shape index (κ1) is 13.4. The van der Waals surface area contributed by atoms with Gasteiger partial charge in [-0.2, -0.15) is 0 Å². The van der Waals surface area contributed by atoms with Gasteiger partial charge in [-0.3, -0.25) is 10.4 Å². The summed E-state index contributed by atoms with van der Waals surface area (Å²) in [6, 6.07) is 10.8. The molecule has 0 fully saturated rings. The van der Waals surface area contributed by atoms with Crippen molar-refractivity contribution in [2.75, 3.05) is 0 Å². The molecule has 2 aromatic rings. The van der Waals surface area contributed by atoms with E-state index in [0.717, 1.165) is 11.4 Å². The number of hydrogen-bond acceptors (Lipinski definition) is 3. The number of rotatable bonds is 4. The highest BCUT2D eigenvalue weighted by molar-refractivity contribution is 6.32. The third-order valence-corrected chi connectivity index (χ3v) is 2.86. The van der Waals surface area contributed by atoms with E-state index in [1.807, 2.05) is 25.1 Å². The van der Waals surface area contributed by atoms with E-state index in [9.17, 15) is 0 Å². The fourth-order valence-electron chi connectivity index (χ4n) is 1.62. The Bertz CT molecular complexity index is 613. The van der Waals surface area contributed by atoms with Crippen molar-refractivity contribution >= 4 is 17.4 Å². The molecular weight excluding hydrogens is 262 g/mol. The van der Waals surface area contributed by atoms with Gasteiger partial charge in [-0.05, 0) is 37.3 Å². The van der Waals surface area contributed by atoms with Crippen LogP contribution in [0.1, 0.15) is 17.0 Å². The SMILES string of the molecule is Cc1cccc(COc2ccc(C(=N)N)cc2Cl)n1. The van der Waals surface area contributed by atoms with E-state index in [-0.39, 0.29) is 5.84 Å². The minimum Gasteiger partial charge on any atom is -0.486 e. The van der Waals surface area contributed by atoms with E-state index in [4.69, 9.17) is 27.5 Å². The lowest BCUT2D eigenvalue weighted by Gasteiger charge is -2.09. The van der Waals surface area contributed by atoms with Crippen LogP contribution in [-0.4, -0.2) is 10.8 Å². The number of benzene rings is 1. The van der Waals surface area contributed by atoms with Gasteiger partial charge in [0.2, 0.25) is 0 Å². The molecule has 3 N–H and O–H groups in total. The van der Waals surface area contributed by atoms with E-state index < -0.39 is 0 Å². The first-order valence-electron chi connectivity index (χ1n) is 5.75. The highest BCUT2D eigenvalue weighted by atomic mass is 35.5. The van der Waals surface area contributed by atoms with Crippen molar-refractivity contribution in [2.45, 2.75) is 13.5 Å². The van der Waals surface area contributed by atoms with E-state index in [0.29, 0.717) is 22.9 Å². The molecule has 0 unspecified atom stereocenters. The number of ether oxygens (including phenoxy) is 1. The van der Waals surface area contributed by atoms with Gasteiger partial charge in [0, 0.05) is 11.3 Å². The van der Waals surface area contributed by atoms with Crippen LogP contribution in [0.3, 0.4) is 0 Å². The van der Waals surface area contributed by atoms with Gasteiger partial charge in [0.15, 0.2) is 0 Å². The molecule has 0 bridgehead atoms. The standard InChI is InChI=1S/C14H14ClN3O/c1-9-3-2-4-11(18-9)8-19-13-6-5-10(14(16)17)7-12(13)15/h2-7H,8H2,1H3,(H3,16,17). The fraction of sp³-hybridized carbons (Fsp3) is 0.143. The van der Waals surface area contributed by atoms with Gasteiger partial charge in [0.1, 0.15) is 18.2 Å². The van der Waals surface area contributed by atoms with Crippen molar-refractivity contribution in [3.05, 3.63) is 58.4 Å². The van der Waals surface area contributed by atoms with Gasteiger partial charge in [-0.1, -0.05) is 17.7 Å². The Morgan fingerprint density at radius 2 is 2.16 bits per heavy atom. The summed E-state index contributed by atoms with van der Waals surface area (Å²) in [6.07, 6.45) is 0. The van der Waals surface area contributed by atoms with Gasteiger partial charge in [-0.25, -0.2) is 0 Å². The molecule has 19 heavy (non-hydrogen) atoms. The van der Waals surface area contributed by atoms with Crippen molar-refractivity contribution in [1.29, 1.82) is 5.41 Å². The van der Waals surface area contributed by atoms with Crippen LogP contribution in [0.2, 0.25) is 5.02 Å². The summed E-state index contributed by atoms with van der Waals surface area (Å²) in [4.78, 5) is 4.34. The second kappa shape index (κ2) is 5.71. The lowest BCUT2D eigenvalue weighted by atomic mass is 10.2. The lowest BCUT2D eigenvalue weighted by Crippen LogP contribution is -2.10. The highest BCUT2D eigenvalue weighted by Crippen LogP contribution is 2.26. The van der Waals surface area contributed by atoms with Crippen LogP contribution in [0, 0.1) is 12.3 Å². The molecule has 2 rings (SSSR count). The molecule has 1 aromatic heterocycles. The summed E-state index contributed by atoms with van der Waals surface area (Å²) in [6.45, 7) is 2.28. The largest absolute Gasteiger partial charge is 0.486 e. The zero-order valence-corrected chi connectivity index (χ0v) is 11.2. The molecule has 0 radical (unpaired) electrons. The molecule has 5 heteroatoms. The monoisotopic (exact) mass is 275 g/mol. The number of nitrogens with two attached hydrogens (primary N) is 1. The van der Waals surface area contributed by atoms with Crippen molar-refractivity contribution in [1.82, 2.24) is 4.98 Å². The van der Waals surface area contributed by atoms with Gasteiger partial charge >= 0.3 is 0 Å². The lowest BCUT2D eigenvalue weighted by molar-refractivity contribution is 0.301. The molecule has 0 saturated carbocycles. The molecule has 98 valence electrons. The number of halogens is 1. The van der Waals surface area contributed by atoms with Crippen LogP contribution in [-0.2, 0) is 6.61 Å². The van der Waals surface area contributed by atoms with E-state index in [2.05, 4.69) is 4.98 Å². The van der Waals surface area contributed by atoms with Crippen LogP contribution >= 0.6 is 11.6 Å². The molecule has 0 aliphatic carbocycles. The van der Waals surface area contributed by atoms with Crippen LogP contribution < -0.4 is 10.5 Å². The van der Waals surface area contributed by atoms with Crippen molar-refractivity contribution in [2.24, 2.45) is 5.73 Å². The Kier molecular flexibility index (Phi) is 4.02. The topological polar surface area (TPSA) is 72.0 Å². The van der Waals surface area contributed by atoms with E-state index in [1.54, 1.807) is 18.2 Å². The second-order valence-electron chi connectivity index (χ2n) is 4.12. The third-order valence-electron chi connectivity index (χ3n) is 2.56. The summed E-state index contributed by atoms with van der Waals surface area (Å²) in [5.74, 6) is 0.531. The molecule has 0 aliphatic heterocycles. The summed E-state index contributed by atoms with van der Waals surface area (Å²) in [5, 5.41) is 7.76. The minimum absolute atomic E-state index is 0.0196. The van der Waals surface area contributed by atoms with Gasteiger partial charge in [-0.15, -0.1) is 0 Å². The van der Waals surface area contributed by atoms with Crippen molar-refractivity contribution < 1.29 is 4.74 Å². The Morgan fingerprint density at radius 3 is 2.79 bits per heavy atom. The maximum absolute atomic E-state index is 7.33. The van der Waals surface area contributed by atoms with E-state index >= 15 is 0 Å². The number of pyridine rings is 1. The molecule has 1 aromatic carbocycles. The molecule has 0 spiro atoms. The van der Waals surface area contributed by atoms with Gasteiger partial charge in [0.05, 0.1) is 10.7 Å². The second-order valence-corrected chi connectivity index (χ2v) is 4.53. The number of aryl methyl sites for hydroxylation is 1. The molecule has 4 nitrogen and oxygen atoms in total. The first-order chi connectivity index (χ1) is 9.06. The molecule has 0 saturated heterocycles. The Balaban J connectivity index is 2.10. The normalized spacial score (nSPS) is 10.2. The van der Waals surface area contributed by atoms with Crippen LogP contribution in [0.4, 0.5) is 0 Å². The predicted molar refractivity (Wildman–Crippen MR) is 75.8 cm³/mol. The smallest absolute Gasteiger partial charge is 0.138 e. The quantitative estimate of drug-likeness (QED) is 0.666. The van der Waals surface area contributed by atoms with Gasteiger partial charge < -0.3 is 10.5 Å². The minimum atomic E-state index is -0.0196. The van der Waals surface area contributed by atoms with Crippen LogP contribution in [0.25, 0.3) is 0 Å². The molecule has 0 amide bonds. The van der Waals surface area contributed by atoms with Crippen molar-refractivity contribution in [3.63, 3.8) is 0 Å². The predicted octanol–water partition coefficient (Wildman–Crippen LogP) is 2.91. The van der Waals surface area contributed by atoms with Crippen LogP contribution in [0.5, 0.6) is 5.75 Å². The molecular formula is C14H14ClN3O. The Morgan fingerprint density at radius 1 is 1.37 bits per heavy atom. The first-order valence-corrected chi connectivity index (χ1v) is 6.13. The number of amidine groups is 1. The molecule has 1 heterocycles. The summed E-state index contributed by atoms with van der Waals surface area (Å²) in [7, 11) is 0. The average Bonchev–Trinajstić information content (AvgIpc) is 2.37. The Hall–Kier alpha value is -2.07. The summed E-state index contributed by atoms with van der Waals surface area (Å²) >= 11 is 6.07.